The van der Waals surface area contributed by atoms with E-state index in [4.69, 9.17) is 10.8 Å². The predicted molar refractivity (Wildman–Crippen MR) is 41.9 cm³/mol. The minimum atomic E-state index is -0.162. The van der Waals surface area contributed by atoms with Crippen molar-refractivity contribution in [3.05, 3.63) is 11.6 Å². The first-order valence-electron chi connectivity index (χ1n) is 3.74. The molecule has 0 aliphatic heterocycles. The van der Waals surface area contributed by atoms with Gasteiger partial charge in [0.1, 0.15) is 0 Å². The molecule has 0 saturated carbocycles. The van der Waals surface area contributed by atoms with Crippen LogP contribution in [0.1, 0.15) is 13.3 Å². The fourth-order valence-electron chi connectivity index (χ4n) is 1.40. The molecule has 0 bridgehead atoms. The first-order valence-corrected chi connectivity index (χ1v) is 3.74. The molecule has 3 heteroatoms. The largest absolute Gasteiger partial charge is 0.396 e. The second-order valence-corrected chi connectivity index (χ2v) is 2.96. The van der Waals surface area contributed by atoms with Crippen LogP contribution in [0.5, 0.6) is 0 Å². The van der Waals surface area contributed by atoms with E-state index in [9.17, 15) is 4.79 Å². The Labute approximate surface area is 65.9 Å². The topological polar surface area (TPSA) is 63.3 Å². The summed E-state index contributed by atoms with van der Waals surface area (Å²) in [5.41, 5.74) is 6.32. The lowest BCUT2D eigenvalue weighted by Crippen LogP contribution is -2.23. The van der Waals surface area contributed by atoms with Gasteiger partial charge in [-0.3, -0.25) is 4.79 Å². The summed E-state index contributed by atoms with van der Waals surface area (Å²) >= 11 is 0. The summed E-state index contributed by atoms with van der Waals surface area (Å²) in [5.74, 6) is 0.109. The Bertz CT molecular complexity index is 198. The number of aliphatic hydroxyl groups excluding tert-OH is 1. The monoisotopic (exact) mass is 155 g/mol. The average molecular weight is 155 g/mol. The van der Waals surface area contributed by atoms with Crippen molar-refractivity contribution in [2.24, 2.45) is 11.7 Å². The fourth-order valence-corrected chi connectivity index (χ4v) is 1.40. The van der Waals surface area contributed by atoms with Gasteiger partial charge in [0.05, 0.1) is 0 Å². The van der Waals surface area contributed by atoms with Crippen molar-refractivity contribution in [2.75, 3.05) is 6.61 Å². The highest BCUT2D eigenvalue weighted by Gasteiger charge is 2.24. The van der Waals surface area contributed by atoms with Gasteiger partial charge >= 0.3 is 0 Å². The molecule has 0 spiro atoms. The predicted octanol–water partition coefficient (Wildman–Crippen LogP) is -0.159. The van der Waals surface area contributed by atoms with Gasteiger partial charge in [-0.25, -0.2) is 0 Å². The van der Waals surface area contributed by atoms with Gasteiger partial charge in [-0.05, 0) is 13.3 Å². The van der Waals surface area contributed by atoms with Crippen molar-refractivity contribution in [1.29, 1.82) is 0 Å². The minimum Gasteiger partial charge on any atom is -0.396 e. The summed E-state index contributed by atoms with van der Waals surface area (Å²) in [7, 11) is 0. The standard InChI is InChI=1S/C8H13NO2/c1-5(11)7-2-6(4-10)3-8(7)9/h2,6,8,10H,3-4,9H2,1H3. The average Bonchev–Trinajstić information content (AvgIpc) is 2.30. The van der Waals surface area contributed by atoms with Crippen LogP contribution in [0.4, 0.5) is 0 Å². The van der Waals surface area contributed by atoms with Gasteiger partial charge in [-0.2, -0.15) is 0 Å². The quantitative estimate of drug-likeness (QED) is 0.582. The molecule has 2 atom stereocenters. The molecule has 0 radical (unpaired) electrons. The van der Waals surface area contributed by atoms with Gasteiger partial charge in [0, 0.05) is 24.1 Å². The van der Waals surface area contributed by atoms with E-state index in [1.807, 2.05) is 0 Å². The number of Topliss-reactive ketones (excluding diaryl/α,β-unsaturated/α-hetero) is 1. The van der Waals surface area contributed by atoms with Gasteiger partial charge in [0.15, 0.2) is 5.78 Å². The summed E-state index contributed by atoms with van der Waals surface area (Å²) in [5, 5.41) is 8.77. The maximum atomic E-state index is 10.9. The summed E-state index contributed by atoms with van der Waals surface area (Å²) < 4.78 is 0. The highest BCUT2D eigenvalue weighted by Crippen LogP contribution is 2.23. The van der Waals surface area contributed by atoms with Crippen LogP contribution < -0.4 is 5.73 Å². The lowest BCUT2D eigenvalue weighted by atomic mass is 10.1. The molecule has 0 fully saturated rings. The number of carbonyl (C=O) groups excluding carboxylic acids is 1. The van der Waals surface area contributed by atoms with Crippen molar-refractivity contribution in [1.82, 2.24) is 0 Å². The molecule has 1 aliphatic carbocycles. The molecule has 62 valence electrons. The fraction of sp³-hybridized carbons (Fsp3) is 0.625. The Hall–Kier alpha value is -0.670. The van der Waals surface area contributed by atoms with Crippen LogP contribution >= 0.6 is 0 Å². The van der Waals surface area contributed by atoms with E-state index >= 15 is 0 Å². The third-order valence-electron chi connectivity index (χ3n) is 2.01. The van der Waals surface area contributed by atoms with Gasteiger partial charge in [-0.1, -0.05) is 6.08 Å². The summed E-state index contributed by atoms with van der Waals surface area (Å²) in [6, 6.07) is -0.162. The molecule has 0 amide bonds. The molecule has 3 nitrogen and oxygen atoms in total. The Morgan fingerprint density at radius 3 is 2.82 bits per heavy atom. The Morgan fingerprint density at radius 1 is 1.91 bits per heavy atom. The SMILES string of the molecule is CC(=O)C1=CC(CO)CC1N. The number of hydrogen-bond donors (Lipinski definition) is 2. The van der Waals surface area contributed by atoms with E-state index in [0.717, 1.165) is 0 Å². The van der Waals surface area contributed by atoms with E-state index in [1.165, 1.54) is 6.92 Å². The second-order valence-electron chi connectivity index (χ2n) is 2.96. The van der Waals surface area contributed by atoms with E-state index in [2.05, 4.69) is 0 Å². The molecule has 1 rings (SSSR count). The van der Waals surface area contributed by atoms with Crippen molar-refractivity contribution in [2.45, 2.75) is 19.4 Å². The zero-order valence-corrected chi connectivity index (χ0v) is 6.58. The van der Waals surface area contributed by atoms with Crippen LogP contribution in [0, 0.1) is 5.92 Å². The summed E-state index contributed by atoms with van der Waals surface area (Å²) in [6.07, 6.45) is 2.48. The molecule has 0 aromatic carbocycles. The van der Waals surface area contributed by atoms with Gasteiger partial charge < -0.3 is 10.8 Å². The number of hydrogen-bond acceptors (Lipinski definition) is 3. The zero-order valence-electron chi connectivity index (χ0n) is 6.58. The number of rotatable bonds is 2. The van der Waals surface area contributed by atoms with E-state index < -0.39 is 0 Å². The molecule has 1 aliphatic rings. The van der Waals surface area contributed by atoms with Crippen LogP contribution in [0.15, 0.2) is 11.6 Å². The van der Waals surface area contributed by atoms with Crippen molar-refractivity contribution >= 4 is 5.78 Å². The molecule has 0 aromatic heterocycles. The van der Waals surface area contributed by atoms with Crippen LogP contribution in [0.25, 0.3) is 0 Å². The molecule has 0 heterocycles. The first-order chi connectivity index (χ1) is 5.15. The maximum Gasteiger partial charge on any atom is 0.157 e. The highest BCUT2D eigenvalue weighted by molar-refractivity contribution is 5.95. The van der Waals surface area contributed by atoms with Crippen LogP contribution in [-0.2, 0) is 4.79 Å². The highest BCUT2D eigenvalue weighted by atomic mass is 16.3. The number of carbonyl (C=O) groups is 1. The van der Waals surface area contributed by atoms with E-state index in [0.29, 0.717) is 12.0 Å². The molecule has 0 aromatic rings. The van der Waals surface area contributed by atoms with Crippen molar-refractivity contribution in [3.8, 4) is 0 Å². The Morgan fingerprint density at radius 2 is 2.55 bits per heavy atom. The number of ketones is 1. The molecule has 0 saturated heterocycles. The third kappa shape index (κ3) is 1.67. The van der Waals surface area contributed by atoms with Gasteiger partial charge in [-0.15, -0.1) is 0 Å². The smallest absolute Gasteiger partial charge is 0.157 e. The van der Waals surface area contributed by atoms with Crippen LogP contribution in [-0.4, -0.2) is 23.5 Å². The lowest BCUT2D eigenvalue weighted by Gasteiger charge is -2.05. The van der Waals surface area contributed by atoms with Crippen molar-refractivity contribution in [3.63, 3.8) is 0 Å². The van der Waals surface area contributed by atoms with Crippen LogP contribution in [0.3, 0.4) is 0 Å². The molecular weight excluding hydrogens is 142 g/mol. The number of aliphatic hydroxyl groups is 1. The van der Waals surface area contributed by atoms with E-state index in [-0.39, 0.29) is 24.3 Å². The molecule has 11 heavy (non-hydrogen) atoms. The number of nitrogens with two attached hydrogens (primary N) is 1. The summed E-state index contributed by atoms with van der Waals surface area (Å²) in [6.45, 7) is 1.59. The van der Waals surface area contributed by atoms with Crippen molar-refractivity contribution < 1.29 is 9.90 Å². The normalized spacial score (nSPS) is 30.3. The molecule has 3 N–H and O–H groups in total. The third-order valence-corrected chi connectivity index (χ3v) is 2.01. The molecular formula is C8H13NO2. The van der Waals surface area contributed by atoms with Gasteiger partial charge in [0.2, 0.25) is 0 Å². The second kappa shape index (κ2) is 3.15. The Balaban J connectivity index is 2.70. The minimum absolute atomic E-state index is 0.0217. The lowest BCUT2D eigenvalue weighted by molar-refractivity contribution is -0.113. The van der Waals surface area contributed by atoms with E-state index in [1.54, 1.807) is 6.08 Å². The Kier molecular flexibility index (Phi) is 2.42. The molecule has 2 unspecified atom stereocenters. The first kappa shape index (κ1) is 8.43. The summed E-state index contributed by atoms with van der Waals surface area (Å²) in [4.78, 5) is 10.9. The zero-order chi connectivity index (χ0) is 8.43. The maximum absolute atomic E-state index is 10.9. The van der Waals surface area contributed by atoms with Crippen LogP contribution in [0.2, 0.25) is 0 Å². The van der Waals surface area contributed by atoms with Gasteiger partial charge in [0.25, 0.3) is 0 Å².